The molecule has 4 rings (SSSR count). The maximum Gasteiger partial charge on any atom is 0.326 e. The zero-order valence-corrected chi connectivity index (χ0v) is 16.6. The van der Waals surface area contributed by atoms with Crippen molar-refractivity contribution in [3.8, 4) is 11.3 Å². The van der Waals surface area contributed by atoms with E-state index in [2.05, 4.69) is 25.7 Å². The Morgan fingerprint density at radius 3 is 2.69 bits per heavy atom. The van der Waals surface area contributed by atoms with Crippen molar-refractivity contribution in [2.45, 2.75) is 26.3 Å². The Labute approximate surface area is 172 Å². The standard InChI is InChI=1S/C20H20ClFN6O/c1-13-8-23-18(27-19(29)25-16-4-2-15(21)3-5-16)26-17(13)14-9-24-28(10-14)12-20(11-22)6-7-20/h2-5,8-10H,6-7,11-12H2,1H3,(H2,23,25,26,27,29). The van der Waals surface area contributed by atoms with Crippen molar-refractivity contribution in [1.29, 1.82) is 0 Å². The summed E-state index contributed by atoms with van der Waals surface area (Å²) in [4.78, 5) is 20.8. The first kappa shape index (κ1) is 19.3. The lowest BCUT2D eigenvalue weighted by Gasteiger charge is -2.10. The first-order valence-electron chi connectivity index (χ1n) is 9.22. The summed E-state index contributed by atoms with van der Waals surface area (Å²) in [6.45, 7) is 2.11. The number of hydrogen-bond acceptors (Lipinski definition) is 4. The van der Waals surface area contributed by atoms with Crippen LogP contribution >= 0.6 is 11.6 Å². The number of anilines is 2. The molecule has 3 aromatic rings. The highest BCUT2D eigenvalue weighted by Gasteiger charge is 2.43. The largest absolute Gasteiger partial charge is 0.326 e. The smallest absolute Gasteiger partial charge is 0.308 e. The van der Waals surface area contributed by atoms with Crippen LogP contribution in [-0.2, 0) is 6.54 Å². The fourth-order valence-electron chi connectivity index (χ4n) is 3.02. The van der Waals surface area contributed by atoms with Crippen molar-refractivity contribution < 1.29 is 9.18 Å². The van der Waals surface area contributed by atoms with Crippen molar-refractivity contribution in [2.24, 2.45) is 5.41 Å². The molecule has 29 heavy (non-hydrogen) atoms. The van der Waals surface area contributed by atoms with Crippen molar-refractivity contribution in [1.82, 2.24) is 19.7 Å². The van der Waals surface area contributed by atoms with Gasteiger partial charge >= 0.3 is 6.03 Å². The molecule has 0 unspecified atom stereocenters. The minimum absolute atomic E-state index is 0.173. The lowest BCUT2D eigenvalue weighted by atomic mass is 10.1. The second-order valence-electron chi connectivity index (χ2n) is 7.37. The van der Waals surface area contributed by atoms with E-state index in [1.54, 1.807) is 41.3 Å². The molecule has 0 radical (unpaired) electrons. The number of aromatic nitrogens is 4. The molecular formula is C20H20ClFN6O. The number of carbonyl (C=O) groups is 1. The highest BCUT2D eigenvalue weighted by molar-refractivity contribution is 6.30. The summed E-state index contributed by atoms with van der Waals surface area (Å²) in [5, 5.41) is 10.2. The number of amides is 2. The minimum atomic E-state index is -0.462. The Balaban J connectivity index is 1.47. The third-order valence-electron chi connectivity index (χ3n) is 4.94. The van der Waals surface area contributed by atoms with Gasteiger partial charge in [-0.3, -0.25) is 14.4 Å². The van der Waals surface area contributed by atoms with Crippen LogP contribution in [0.3, 0.4) is 0 Å². The van der Waals surface area contributed by atoms with Crippen LogP contribution in [0.4, 0.5) is 20.8 Å². The Morgan fingerprint density at radius 1 is 1.24 bits per heavy atom. The summed E-state index contributed by atoms with van der Waals surface area (Å²) in [5.74, 6) is 0.173. The molecule has 1 aromatic carbocycles. The van der Waals surface area contributed by atoms with Gasteiger partial charge in [0, 0.05) is 40.6 Å². The van der Waals surface area contributed by atoms with Gasteiger partial charge in [0.15, 0.2) is 0 Å². The Morgan fingerprint density at radius 2 is 2.00 bits per heavy atom. The van der Waals surface area contributed by atoms with Gasteiger partial charge in [-0.05, 0) is 49.6 Å². The van der Waals surface area contributed by atoms with E-state index < -0.39 is 6.03 Å². The molecular weight excluding hydrogens is 395 g/mol. The fourth-order valence-corrected chi connectivity index (χ4v) is 3.14. The van der Waals surface area contributed by atoms with E-state index in [1.807, 2.05) is 13.1 Å². The highest BCUT2D eigenvalue weighted by atomic mass is 35.5. The average molecular weight is 415 g/mol. The first-order valence-corrected chi connectivity index (χ1v) is 9.60. The second-order valence-corrected chi connectivity index (χ2v) is 7.81. The van der Waals surface area contributed by atoms with E-state index in [4.69, 9.17) is 11.6 Å². The molecule has 1 aliphatic rings. The van der Waals surface area contributed by atoms with E-state index in [-0.39, 0.29) is 18.0 Å². The number of alkyl halides is 1. The molecule has 2 aromatic heterocycles. The summed E-state index contributed by atoms with van der Waals surface area (Å²) in [6, 6.07) is 6.30. The van der Waals surface area contributed by atoms with Gasteiger partial charge in [0.25, 0.3) is 0 Å². The first-order chi connectivity index (χ1) is 14.0. The molecule has 1 saturated carbocycles. The van der Waals surface area contributed by atoms with Crippen LogP contribution in [0, 0.1) is 12.3 Å². The lowest BCUT2D eigenvalue weighted by molar-refractivity contribution is 0.262. The third kappa shape index (κ3) is 4.54. The number of hydrogen-bond donors (Lipinski definition) is 2. The normalized spacial score (nSPS) is 14.4. The van der Waals surface area contributed by atoms with Gasteiger partial charge in [-0.25, -0.2) is 14.8 Å². The van der Waals surface area contributed by atoms with Crippen molar-refractivity contribution in [3.63, 3.8) is 0 Å². The van der Waals surface area contributed by atoms with Crippen LogP contribution in [0.15, 0.2) is 42.9 Å². The van der Waals surface area contributed by atoms with Crippen LogP contribution in [0.25, 0.3) is 11.3 Å². The summed E-state index contributed by atoms with van der Waals surface area (Å²) in [7, 11) is 0. The zero-order valence-electron chi connectivity index (χ0n) is 15.8. The molecule has 0 atom stereocenters. The quantitative estimate of drug-likeness (QED) is 0.612. The van der Waals surface area contributed by atoms with Gasteiger partial charge in [-0.15, -0.1) is 0 Å². The van der Waals surface area contributed by atoms with Gasteiger partial charge in [-0.2, -0.15) is 5.10 Å². The Bertz CT molecular complexity index is 1030. The van der Waals surface area contributed by atoms with E-state index >= 15 is 0 Å². The number of rotatable bonds is 6. The molecule has 9 heteroatoms. The molecule has 2 N–H and O–H groups in total. The Hall–Kier alpha value is -3.00. The number of urea groups is 1. The molecule has 0 saturated heterocycles. The summed E-state index contributed by atoms with van der Waals surface area (Å²) in [5.41, 5.74) is 2.65. The monoisotopic (exact) mass is 414 g/mol. The average Bonchev–Trinajstić information content (AvgIpc) is 3.33. The molecule has 0 bridgehead atoms. The third-order valence-corrected chi connectivity index (χ3v) is 5.20. The van der Waals surface area contributed by atoms with Crippen molar-refractivity contribution in [3.05, 3.63) is 53.4 Å². The van der Waals surface area contributed by atoms with E-state index in [1.165, 1.54) is 0 Å². The Kier molecular flexibility index (Phi) is 5.19. The molecule has 2 heterocycles. The zero-order chi connectivity index (χ0) is 20.4. The van der Waals surface area contributed by atoms with E-state index in [9.17, 15) is 9.18 Å². The minimum Gasteiger partial charge on any atom is -0.308 e. The maximum atomic E-state index is 13.1. The van der Waals surface area contributed by atoms with Gasteiger partial charge < -0.3 is 5.32 Å². The van der Waals surface area contributed by atoms with E-state index in [0.29, 0.717) is 22.9 Å². The molecule has 2 amide bonds. The van der Waals surface area contributed by atoms with Crippen molar-refractivity contribution >= 4 is 29.3 Å². The predicted molar refractivity (Wildman–Crippen MR) is 110 cm³/mol. The number of nitrogens with zero attached hydrogens (tertiary/aromatic N) is 4. The molecule has 1 aliphatic carbocycles. The number of benzene rings is 1. The highest BCUT2D eigenvalue weighted by Crippen LogP contribution is 2.47. The number of halogens is 2. The van der Waals surface area contributed by atoms with E-state index in [0.717, 1.165) is 24.0 Å². The van der Waals surface area contributed by atoms with Gasteiger partial charge in [0.2, 0.25) is 5.95 Å². The van der Waals surface area contributed by atoms with Crippen LogP contribution in [-0.4, -0.2) is 32.5 Å². The van der Waals surface area contributed by atoms with Gasteiger partial charge in [0.05, 0.1) is 18.6 Å². The van der Waals surface area contributed by atoms with Gasteiger partial charge in [-0.1, -0.05) is 11.6 Å². The number of aryl methyl sites for hydroxylation is 1. The maximum absolute atomic E-state index is 13.1. The van der Waals surface area contributed by atoms with Crippen molar-refractivity contribution in [2.75, 3.05) is 17.3 Å². The van der Waals surface area contributed by atoms with Crippen LogP contribution < -0.4 is 10.6 Å². The van der Waals surface area contributed by atoms with Crippen LogP contribution in [0.5, 0.6) is 0 Å². The second kappa shape index (κ2) is 7.79. The van der Waals surface area contributed by atoms with Crippen LogP contribution in [0.1, 0.15) is 18.4 Å². The fraction of sp³-hybridized carbons (Fsp3) is 0.300. The molecule has 0 spiro atoms. The summed E-state index contributed by atoms with van der Waals surface area (Å²) in [6.07, 6.45) is 6.97. The number of carbonyl (C=O) groups excluding carboxylic acids is 1. The molecule has 150 valence electrons. The molecule has 7 nitrogen and oxygen atoms in total. The predicted octanol–water partition coefficient (Wildman–Crippen LogP) is 4.70. The lowest BCUT2D eigenvalue weighted by Crippen LogP contribution is -2.21. The summed E-state index contributed by atoms with van der Waals surface area (Å²) >= 11 is 5.84. The molecule has 1 fully saturated rings. The molecule has 0 aliphatic heterocycles. The number of nitrogens with one attached hydrogen (secondary N) is 2. The topological polar surface area (TPSA) is 84.7 Å². The van der Waals surface area contributed by atoms with Crippen LogP contribution in [0.2, 0.25) is 5.02 Å². The summed E-state index contributed by atoms with van der Waals surface area (Å²) < 4.78 is 14.9. The van der Waals surface area contributed by atoms with Gasteiger partial charge in [0.1, 0.15) is 0 Å². The SMILES string of the molecule is Cc1cnc(NC(=O)Nc2ccc(Cl)cc2)nc1-c1cnn(CC2(CF)CC2)c1.